The summed E-state index contributed by atoms with van der Waals surface area (Å²) in [5.74, 6) is -0.0996. The topological polar surface area (TPSA) is 74.5 Å². The number of carbonyl (C=O) groups excluding carboxylic acids is 1. The van der Waals surface area contributed by atoms with Crippen LogP contribution in [0.1, 0.15) is 16.2 Å². The van der Waals surface area contributed by atoms with Gasteiger partial charge in [-0.2, -0.15) is 0 Å². The van der Waals surface area contributed by atoms with Crippen molar-refractivity contribution in [1.29, 1.82) is 0 Å². The fourth-order valence-electron chi connectivity index (χ4n) is 2.00. The van der Waals surface area contributed by atoms with Crippen LogP contribution >= 0.6 is 0 Å². The maximum absolute atomic E-state index is 12.9. The van der Waals surface area contributed by atoms with Crippen LogP contribution in [0.3, 0.4) is 0 Å². The number of methoxy groups -OCH3 is 1. The molecule has 6 nitrogen and oxygen atoms in total. The molecule has 0 N–H and O–H groups in total. The van der Waals surface area contributed by atoms with Crippen LogP contribution in [0.2, 0.25) is 0 Å². The van der Waals surface area contributed by atoms with Gasteiger partial charge in [0.15, 0.2) is 0 Å². The molecule has 3 rings (SSSR count). The van der Waals surface area contributed by atoms with Crippen molar-refractivity contribution in [2.24, 2.45) is 0 Å². The molecule has 0 bridgehead atoms. The molecule has 1 heterocycles. The molecule has 0 saturated heterocycles. The predicted molar refractivity (Wildman–Crippen MR) is 81.8 cm³/mol. The lowest BCUT2D eigenvalue weighted by atomic mass is 10.1. The van der Waals surface area contributed by atoms with Gasteiger partial charge in [-0.25, -0.2) is 9.18 Å². The highest BCUT2D eigenvalue weighted by atomic mass is 19.1. The Balaban J connectivity index is 1.78. The van der Waals surface area contributed by atoms with E-state index < -0.39 is 11.8 Å². The first-order chi connectivity index (χ1) is 11.7. The van der Waals surface area contributed by atoms with E-state index in [0.29, 0.717) is 17.0 Å². The molecule has 3 aromatic rings. The predicted octanol–water partition coefficient (Wildman–Crippen LogP) is 3.24. The molecule has 0 spiro atoms. The van der Waals surface area contributed by atoms with Crippen LogP contribution in [-0.4, -0.2) is 23.3 Å². The summed E-state index contributed by atoms with van der Waals surface area (Å²) in [6.45, 7) is 0.208. The summed E-state index contributed by atoms with van der Waals surface area (Å²) >= 11 is 0. The van der Waals surface area contributed by atoms with Crippen molar-refractivity contribution in [2.75, 3.05) is 7.11 Å². The summed E-state index contributed by atoms with van der Waals surface area (Å²) in [5, 5.41) is 7.75. The van der Waals surface area contributed by atoms with E-state index in [9.17, 15) is 9.18 Å². The number of aromatic nitrogens is 2. The van der Waals surface area contributed by atoms with E-state index in [1.165, 1.54) is 31.4 Å². The average molecular weight is 328 g/mol. The Morgan fingerprint density at radius 3 is 2.71 bits per heavy atom. The molecule has 2 aromatic carbocycles. The van der Waals surface area contributed by atoms with Crippen LogP contribution in [0.15, 0.2) is 52.9 Å². The van der Waals surface area contributed by atoms with Crippen molar-refractivity contribution >= 4 is 5.97 Å². The van der Waals surface area contributed by atoms with E-state index in [0.717, 1.165) is 0 Å². The molecule has 0 aliphatic heterocycles. The third kappa shape index (κ3) is 3.64. The zero-order valence-corrected chi connectivity index (χ0v) is 12.7. The molecule has 0 fully saturated rings. The fourth-order valence-corrected chi connectivity index (χ4v) is 2.00. The molecular weight excluding hydrogens is 315 g/mol. The molecule has 24 heavy (non-hydrogen) atoms. The van der Waals surface area contributed by atoms with Gasteiger partial charge in [-0.1, -0.05) is 6.07 Å². The number of hydrogen-bond acceptors (Lipinski definition) is 6. The van der Waals surface area contributed by atoms with Crippen molar-refractivity contribution in [1.82, 2.24) is 10.2 Å². The van der Waals surface area contributed by atoms with Crippen molar-refractivity contribution < 1.29 is 23.1 Å². The molecule has 0 radical (unpaired) electrons. The smallest absolute Gasteiger partial charge is 0.343 e. The van der Waals surface area contributed by atoms with Crippen molar-refractivity contribution in [3.05, 3.63) is 65.8 Å². The van der Waals surface area contributed by atoms with Gasteiger partial charge in [-0.15, -0.1) is 10.2 Å². The first kappa shape index (κ1) is 15.8. The molecule has 0 unspecified atom stereocenters. The van der Waals surface area contributed by atoms with Gasteiger partial charge in [0, 0.05) is 12.7 Å². The fraction of sp³-hybridized carbons (Fsp3) is 0.118. The SMILES string of the molecule is COCc1nnc(-c2cccc(C(=O)Oc3ccc(F)cc3)c2)o1. The lowest BCUT2D eigenvalue weighted by Crippen LogP contribution is -2.08. The standard InChI is InChI=1S/C17H13FN2O4/c1-22-10-15-19-20-16(24-15)11-3-2-4-12(9-11)17(21)23-14-7-5-13(18)6-8-14/h2-9H,10H2,1H3. The van der Waals surface area contributed by atoms with Crippen LogP contribution < -0.4 is 4.74 Å². The van der Waals surface area contributed by atoms with Crippen LogP contribution in [-0.2, 0) is 11.3 Å². The highest BCUT2D eigenvalue weighted by Gasteiger charge is 2.13. The minimum Gasteiger partial charge on any atom is -0.423 e. The first-order valence-electron chi connectivity index (χ1n) is 7.05. The molecule has 0 aliphatic carbocycles. The number of halogens is 1. The highest BCUT2D eigenvalue weighted by molar-refractivity contribution is 5.92. The zero-order valence-electron chi connectivity index (χ0n) is 12.7. The Morgan fingerprint density at radius 1 is 1.17 bits per heavy atom. The maximum Gasteiger partial charge on any atom is 0.343 e. The first-order valence-corrected chi connectivity index (χ1v) is 7.05. The number of ether oxygens (including phenoxy) is 2. The van der Waals surface area contributed by atoms with E-state index in [4.69, 9.17) is 13.9 Å². The van der Waals surface area contributed by atoms with Crippen LogP contribution in [0, 0.1) is 5.82 Å². The van der Waals surface area contributed by atoms with E-state index in [-0.39, 0.29) is 18.2 Å². The van der Waals surface area contributed by atoms with Gasteiger partial charge in [0.2, 0.25) is 11.8 Å². The van der Waals surface area contributed by atoms with Gasteiger partial charge in [0.1, 0.15) is 18.2 Å². The number of carbonyl (C=O) groups is 1. The molecule has 0 atom stereocenters. The second-order valence-electron chi connectivity index (χ2n) is 4.86. The summed E-state index contributed by atoms with van der Waals surface area (Å²) < 4.78 is 28.4. The van der Waals surface area contributed by atoms with E-state index >= 15 is 0 Å². The van der Waals surface area contributed by atoms with Crippen molar-refractivity contribution in [3.8, 4) is 17.2 Å². The summed E-state index contributed by atoms with van der Waals surface area (Å²) in [4.78, 5) is 12.2. The van der Waals surface area contributed by atoms with Crippen molar-refractivity contribution in [3.63, 3.8) is 0 Å². The number of esters is 1. The number of benzene rings is 2. The van der Waals surface area contributed by atoms with Gasteiger partial charge >= 0.3 is 5.97 Å². The molecule has 0 amide bonds. The third-order valence-corrected chi connectivity index (χ3v) is 3.10. The molecule has 1 aromatic heterocycles. The van der Waals surface area contributed by atoms with Crippen LogP contribution in [0.5, 0.6) is 5.75 Å². The van der Waals surface area contributed by atoms with Gasteiger partial charge in [-0.3, -0.25) is 0 Å². The van der Waals surface area contributed by atoms with Crippen molar-refractivity contribution in [2.45, 2.75) is 6.61 Å². The summed E-state index contributed by atoms with van der Waals surface area (Å²) in [6.07, 6.45) is 0. The number of nitrogens with zero attached hydrogens (tertiary/aromatic N) is 2. The minimum absolute atomic E-state index is 0.208. The minimum atomic E-state index is -0.569. The number of hydrogen-bond donors (Lipinski definition) is 0. The zero-order chi connectivity index (χ0) is 16.9. The number of rotatable bonds is 5. The quantitative estimate of drug-likeness (QED) is 0.529. The Labute approximate surface area is 136 Å². The van der Waals surface area contributed by atoms with E-state index in [2.05, 4.69) is 10.2 Å². The van der Waals surface area contributed by atoms with Gasteiger partial charge in [0.25, 0.3) is 0 Å². The van der Waals surface area contributed by atoms with E-state index in [1.54, 1.807) is 24.3 Å². The molecule has 0 saturated carbocycles. The Kier molecular flexibility index (Phi) is 4.62. The molecule has 122 valence electrons. The average Bonchev–Trinajstić information content (AvgIpc) is 3.06. The van der Waals surface area contributed by atoms with E-state index in [1.807, 2.05) is 0 Å². The summed E-state index contributed by atoms with van der Waals surface area (Å²) in [5.41, 5.74) is 0.890. The second-order valence-corrected chi connectivity index (χ2v) is 4.86. The van der Waals surface area contributed by atoms with Gasteiger partial charge in [-0.05, 0) is 42.5 Å². The molecule has 0 aliphatic rings. The summed E-state index contributed by atoms with van der Waals surface area (Å²) in [7, 11) is 1.52. The lowest BCUT2D eigenvalue weighted by molar-refractivity contribution is 0.0734. The highest BCUT2D eigenvalue weighted by Crippen LogP contribution is 2.21. The Bertz CT molecular complexity index is 846. The summed E-state index contributed by atoms with van der Waals surface area (Å²) in [6, 6.07) is 11.8. The molecular formula is C17H13FN2O4. The van der Waals surface area contributed by atoms with Crippen LogP contribution in [0.4, 0.5) is 4.39 Å². The van der Waals surface area contributed by atoms with Gasteiger partial charge in [0.05, 0.1) is 5.56 Å². The Morgan fingerprint density at radius 2 is 1.96 bits per heavy atom. The molecule has 7 heteroatoms. The second kappa shape index (κ2) is 7.01. The van der Waals surface area contributed by atoms with Crippen LogP contribution in [0.25, 0.3) is 11.5 Å². The normalized spacial score (nSPS) is 10.6. The third-order valence-electron chi connectivity index (χ3n) is 3.10. The Hall–Kier alpha value is -3.06. The monoisotopic (exact) mass is 328 g/mol. The maximum atomic E-state index is 12.9. The van der Waals surface area contributed by atoms with Gasteiger partial charge < -0.3 is 13.9 Å². The largest absolute Gasteiger partial charge is 0.423 e. The lowest BCUT2D eigenvalue weighted by Gasteiger charge is -2.05.